The first-order valence-corrected chi connectivity index (χ1v) is 13.6. The van der Waals surface area contributed by atoms with Crippen LogP contribution in [0.1, 0.15) is 37.6 Å². The predicted molar refractivity (Wildman–Crippen MR) is 151 cm³/mol. The van der Waals surface area contributed by atoms with Crippen molar-refractivity contribution in [3.8, 4) is 6.01 Å². The molecule has 2 saturated heterocycles. The summed E-state index contributed by atoms with van der Waals surface area (Å²) in [6, 6.07) is 7.50. The number of amides is 1. The van der Waals surface area contributed by atoms with E-state index in [1.54, 1.807) is 36.3 Å². The standard InChI is InChI=1S/C29H34FN7O3/c1-17-12-37(13-18(2)32-17)24-6-5-21(27(38)33-20-9-19-14-36(4)35-25(19)23(30)10-20)26-22(24)11-31-28(34-26)40-16-29(3)7-8-39-15-29/h5-6,9-11,14,17-18,32H,7-8,12-13,15-16H2,1-4H3,(H,33,38)/t17-,18+,29?. The summed E-state index contributed by atoms with van der Waals surface area (Å²) in [5, 5.41) is 11.9. The van der Waals surface area contributed by atoms with Gasteiger partial charge in [0, 0.05) is 78.8 Å². The molecule has 1 unspecified atom stereocenters. The van der Waals surface area contributed by atoms with Crippen molar-refractivity contribution in [2.45, 2.75) is 39.3 Å². The SMILES string of the molecule is C[C@@H]1CN(c2ccc(C(=O)Nc3cc(F)c4nn(C)cc4c3)c3nc(OCC4(C)CCOC4)ncc23)C[C@H](C)N1. The Balaban J connectivity index is 1.36. The highest BCUT2D eigenvalue weighted by Gasteiger charge is 2.31. The summed E-state index contributed by atoms with van der Waals surface area (Å²) in [7, 11) is 1.73. The molecular formula is C29H34FN7O3. The first kappa shape index (κ1) is 26.4. The normalized spacial score (nSPS) is 23.2. The van der Waals surface area contributed by atoms with E-state index in [0.29, 0.717) is 54.1 Å². The average molecular weight is 548 g/mol. The van der Waals surface area contributed by atoms with Gasteiger partial charge in [-0.25, -0.2) is 9.37 Å². The second-order valence-electron chi connectivity index (χ2n) is 11.5. The molecule has 3 atom stereocenters. The number of carbonyl (C=O) groups is 1. The molecule has 4 heterocycles. The third kappa shape index (κ3) is 5.18. The molecule has 0 radical (unpaired) electrons. The van der Waals surface area contributed by atoms with E-state index in [-0.39, 0.29) is 16.9 Å². The number of hydrogen-bond donors (Lipinski definition) is 2. The van der Waals surface area contributed by atoms with E-state index in [1.807, 2.05) is 6.07 Å². The largest absolute Gasteiger partial charge is 0.463 e. The molecule has 11 heteroatoms. The summed E-state index contributed by atoms with van der Waals surface area (Å²) < 4.78 is 27.8. The van der Waals surface area contributed by atoms with Crippen LogP contribution in [0.4, 0.5) is 15.8 Å². The number of fused-ring (bicyclic) bond motifs is 2. The quantitative estimate of drug-likeness (QED) is 0.375. The zero-order chi connectivity index (χ0) is 28.0. The van der Waals surface area contributed by atoms with Crippen LogP contribution >= 0.6 is 0 Å². The highest BCUT2D eigenvalue weighted by molar-refractivity contribution is 6.14. The van der Waals surface area contributed by atoms with E-state index in [2.05, 4.69) is 46.4 Å². The lowest BCUT2D eigenvalue weighted by atomic mass is 9.91. The van der Waals surface area contributed by atoms with Crippen molar-refractivity contribution in [3.05, 3.63) is 48.0 Å². The van der Waals surface area contributed by atoms with Crippen molar-refractivity contribution in [1.82, 2.24) is 25.1 Å². The first-order valence-electron chi connectivity index (χ1n) is 13.6. The topological polar surface area (TPSA) is 106 Å². The van der Waals surface area contributed by atoms with Crippen molar-refractivity contribution in [1.29, 1.82) is 0 Å². The molecule has 10 nitrogen and oxygen atoms in total. The van der Waals surface area contributed by atoms with E-state index in [0.717, 1.165) is 30.6 Å². The first-order chi connectivity index (χ1) is 19.2. The molecule has 2 N–H and O–H groups in total. The maximum atomic E-state index is 14.7. The Hall–Kier alpha value is -3.83. The van der Waals surface area contributed by atoms with Crippen molar-refractivity contribution in [2.24, 2.45) is 12.5 Å². The van der Waals surface area contributed by atoms with Gasteiger partial charge in [-0.05, 0) is 44.5 Å². The van der Waals surface area contributed by atoms with E-state index < -0.39 is 11.7 Å². The van der Waals surface area contributed by atoms with Crippen LogP contribution in [-0.4, -0.2) is 70.6 Å². The lowest BCUT2D eigenvalue weighted by molar-refractivity contribution is 0.102. The van der Waals surface area contributed by atoms with E-state index >= 15 is 0 Å². The van der Waals surface area contributed by atoms with Gasteiger partial charge in [-0.1, -0.05) is 6.92 Å². The monoisotopic (exact) mass is 547 g/mol. The Bertz CT molecular complexity index is 1570. The highest BCUT2D eigenvalue weighted by atomic mass is 19.1. The van der Waals surface area contributed by atoms with Crippen LogP contribution in [0.2, 0.25) is 0 Å². The van der Waals surface area contributed by atoms with Gasteiger partial charge in [-0.2, -0.15) is 10.1 Å². The van der Waals surface area contributed by atoms with Crippen molar-refractivity contribution in [3.63, 3.8) is 0 Å². The number of anilines is 2. The lowest BCUT2D eigenvalue weighted by Gasteiger charge is -2.38. The number of nitrogens with one attached hydrogen (secondary N) is 2. The summed E-state index contributed by atoms with van der Waals surface area (Å²) in [4.78, 5) is 25.1. The third-order valence-corrected chi connectivity index (χ3v) is 7.63. The Morgan fingerprint density at radius 2 is 2.05 bits per heavy atom. The summed E-state index contributed by atoms with van der Waals surface area (Å²) in [6.07, 6.45) is 4.34. The van der Waals surface area contributed by atoms with Gasteiger partial charge in [-0.3, -0.25) is 9.48 Å². The Kier molecular flexibility index (Phi) is 6.79. The number of rotatable bonds is 6. The van der Waals surface area contributed by atoms with Crippen molar-refractivity contribution in [2.75, 3.05) is 43.1 Å². The molecule has 2 aromatic heterocycles. The minimum atomic E-state index is -0.502. The van der Waals surface area contributed by atoms with Gasteiger partial charge in [0.15, 0.2) is 5.82 Å². The molecule has 2 aliphatic rings. The number of ether oxygens (including phenoxy) is 2. The van der Waals surface area contributed by atoms with Gasteiger partial charge in [0.2, 0.25) is 0 Å². The lowest BCUT2D eigenvalue weighted by Crippen LogP contribution is -2.54. The van der Waals surface area contributed by atoms with E-state index in [4.69, 9.17) is 14.5 Å². The number of hydrogen-bond acceptors (Lipinski definition) is 8. The molecule has 0 spiro atoms. The van der Waals surface area contributed by atoms with Gasteiger partial charge in [0.25, 0.3) is 5.91 Å². The number of benzene rings is 2. The molecule has 1 amide bonds. The number of piperazine rings is 1. The highest BCUT2D eigenvalue weighted by Crippen LogP contribution is 2.33. The summed E-state index contributed by atoms with van der Waals surface area (Å²) in [5.41, 5.74) is 2.27. The fourth-order valence-electron chi connectivity index (χ4n) is 5.69. The van der Waals surface area contributed by atoms with Crippen LogP contribution < -0.4 is 20.3 Å². The van der Waals surface area contributed by atoms with Gasteiger partial charge >= 0.3 is 6.01 Å². The zero-order valence-electron chi connectivity index (χ0n) is 23.2. The molecule has 2 aliphatic heterocycles. The minimum absolute atomic E-state index is 0.109. The number of carbonyl (C=O) groups excluding carboxylic acids is 1. The summed E-state index contributed by atoms with van der Waals surface area (Å²) >= 11 is 0. The van der Waals surface area contributed by atoms with Gasteiger partial charge < -0.3 is 25.0 Å². The molecule has 40 heavy (non-hydrogen) atoms. The molecule has 0 bridgehead atoms. The Morgan fingerprint density at radius 1 is 1.25 bits per heavy atom. The van der Waals surface area contributed by atoms with Crippen molar-refractivity contribution >= 4 is 39.1 Å². The van der Waals surface area contributed by atoms with Crippen LogP contribution in [0.15, 0.2) is 36.7 Å². The van der Waals surface area contributed by atoms with Crippen LogP contribution in [0.5, 0.6) is 6.01 Å². The van der Waals surface area contributed by atoms with Crippen LogP contribution in [0, 0.1) is 11.2 Å². The van der Waals surface area contributed by atoms with Crippen LogP contribution in [0.25, 0.3) is 21.8 Å². The molecule has 2 fully saturated rings. The van der Waals surface area contributed by atoms with Crippen molar-refractivity contribution < 1.29 is 18.7 Å². The minimum Gasteiger partial charge on any atom is -0.463 e. The Morgan fingerprint density at radius 3 is 2.80 bits per heavy atom. The number of aromatic nitrogens is 4. The molecular weight excluding hydrogens is 513 g/mol. The summed E-state index contributed by atoms with van der Waals surface area (Å²) in [6.45, 7) is 9.79. The molecule has 210 valence electrons. The maximum absolute atomic E-state index is 14.7. The second-order valence-corrected chi connectivity index (χ2v) is 11.5. The molecule has 0 saturated carbocycles. The van der Waals surface area contributed by atoms with Crippen LogP contribution in [0.3, 0.4) is 0 Å². The smallest absolute Gasteiger partial charge is 0.316 e. The second kappa shape index (κ2) is 10.3. The van der Waals surface area contributed by atoms with E-state index in [9.17, 15) is 9.18 Å². The fourth-order valence-corrected chi connectivity index (χ4v) is 5.69. The third-order valence-electron chi connectivity index (χ3n) is 7.63. The van der Waals surface area contributed by atoms with Gasteiger partial charge in [0.1, 0.15) is 5.52 Å². The summed E-state index contributed by atoms with van der Waals surface area (Å²) in [5.74, 6) is -0.903. The predicted octanol–water partition coefficient (Wildman–Crippen LogP) is 3.90. The van der Waals surface area contributed by atoms with E-state index in [1.165, 1.54) is 6.07 Å². The molecule has 4 aromatic rings. The van der Waals surface area contributed by atoms with Crippen LogP contribution in [-0.2, 0) is 11.8 Å². The molecule has 0 aliphatic carbocycles. The van der Waals surface area contributed by atoms with Gasteiger partial charge in [-0.15, -0.1) is 0 Å². The maximum Gasteiger partial charge on any atom is 0.316 e. The average Bonchev–Trinajstić information content (AvgIpc) is 3.51. The number of nitrogens with zero attached hydrogens (tertiary/aromatic N) is 5. The molecule has 6 rings (SSSR count). The molecule has 2 aromatic carbocycles. The van der Waals surface area contributed by atoms with Gasteiger partial charge in [0.05, 0.1) is 24.3 Å². The number of halogens is 1. The zero-order valence-corrected chi connectivity index (χ0v) is 23.2. The fraction of sp³-hybridized carbons (Fsp3) is 0.448. The number of aryl methyl sites for hydroxylation is 1. The Labute approximate surface area is 231 Å².